The van der Waals surface area contributed by atoms with Crippen molar-refractivity contribution in [3.63, 3.8) is 0 Å². The standard InChI is InChI=1S/C10H12N4O3.C6H10O4/c1-5(15)8-6(9(16)13-11)3-2-4-7(8)10(17)14-12;7-5(8)3-1-2-4-6(9)10/h2-4H,11-12H2,1H3,(H,13,16)(H,14,17);1-4H2,(H,7,8)(H,9,10). The molecular weight excluding hydrogens is 360 g/mol. The van der Waals surface area contributed by atoms with Crippen LogP contribution < -0.4 is 22.5 Å². The Hall–Kier alpha value is -3.31. The van der Waals surface area contributed by atoms with E-state index in [1.165, 1.54) is 25.1 Å². The quantitative estimate of drug-likeness (QED) is 0.116. The van der Waals surface area contributed by atoms with Gasteiger partial charge in [-0.2, -0.15) is 0 Å². The number of nitrogen functional groups attached to an aromatic ring is 2. The number of carbonyl (C=O) groups is 5. The first-order valence-corrected chi connectivity index (χ1v) is 7.75. The van der Waals surface area contributed by atoms with Gasteiger partial charge in [0.15, 0.2) is 5.78 Å². The number of amides is 2. The molecule has 0 aliphatic heterocycles. The minimum Gasteiger partial charge on any atom is -0.481 e. The Kier molecular flexibility index (Phi) is 10.6. The van der Waals surface area contributed by atoms with Crippen LogP contribution in [0.5, 0.6) is 0 Å². The van der Waals surface area contributed by atoms with Crippen LogP contribution in [0.25, 0.3) is 0 Å². The van der Waals surface area contributed by atoms with Crippen molar-refractivity contribution in [2.45, 2.75) is 32.6 Å². The second-order valence-corrected chi connectivity index (χ2v) is 5.23. The van der Waals surface area contributed by atoms with Crippen LogP contribution in [-0.2, 0) is 9.59 Å². The van der Waals surface area contributed by atoms with Gasteiger partial charge in [-0.1, -0.05) is 6.07 Å². The highest BCUT2D eigenvalue weighted by molar-refractivity contribution is 6.14. The van der Waals surface area contributed by atoms with Gasteiger partial charge in [0.25, 0.3) is 11.8 Å². The van der Waals surface area contributed by atoms with E-state index >= 15 is 0 Å². The van der Waals surface area contributed by atoms with Crippen molar-refractivity contribution in [1.29, 1.82) is 0 Å². The summed E-state index contributed by atoms with van der Waals surface area (Å²) in [6.07, 6.45) is 1.02. The summed E-state index contributed by atoms with van der Waals surface area (Å²) in [6, 6.07) is 4.25. The molecule has 0 atom stereocenters. The Morgan fingerprint density at radius 1 is 0.852 bits per heavy atom. The second kappa shape index (κ2) is 12.1. The summed E-state index contributed by atoms with van der Waals surface area (Å²) in [5, 5.41) is 16.3. The van der Waals surface area contributed by atoms with Crippen LogP contribution in [0.1, 0.15) is 63.7 Å². The first-order valence-electron chi connectivity index (χ1n) is 7.75. The summed E-state index contributed by atoms with van der Waals surface area (Å²) in [7, 11) is 0. The SMILES string of the molecule is CC(=O)c1c(C(=O)NN)cccc1C(=O)NN.O=C(O)CCCCC(=O)O. The molecule has 0 saturated carbocycles. The van der Waals surface area contributed by atoms with E-state index in [2.05, 4.69) is 0 Å². The van der Waals surface area contributed by atoms with Crippen LogP contribution in [0.3, 0.4) is 0 Å². The molecule has 8 N–H and O–H groups in total. The van der Waals surface area contributed by atoms with Crippen molar-refractivity contribution in [3.05, 3.63) is 34.9 Å². The van der Waals surface area contributed by atoms with Gasteiger partial charge in [-0.25, -0.2) is 11.7 Å². The summed E-state index contributed by atoms with van der Waals surface area (Å²) in [5.41, 5.74) is 3.86. The Bertz CT molecular complexity index is 668. The first kappa shape index (κ1) is 23.7. The van der Waals surface area contributed by atoms with Crippen LogP contribution in [0.4, 0.5) is 0 Å². The van der Waals surface area contributed by atoms with Gasteiger partial charge in [-0.05, 0) is 31.9 Å². The number of hydrogen-bond donors (Lipinski definition) is 6. The van der Waals surface area contributed by atoms with Crippen LogP contribution in [-0.4, -0.2) is 39.7 Å². The predicted molar refractivity (Wildman–Crippen MR) is 93.5 cm³/mol. The fourth-order valence-electron chi connectivity index (χ4n) is 2.02. The van der Waals surface area contributed by atoms with Gasteiger partial charge in [0.2, 0.25) is 0 Å². The highest BCUT2D eigenvalue weighted by Crippen LogP contribution is 2.15. The monoisotopic (exact) mass is 382 g/mol. The van der Waals surface area contributed by atoms with Crippen molar-refractivity contribution >= 4 is 29.5 Å². The molecule has 0 unspecified atom stereocenters. The van der Waals surface area contributed by atoms with Crippen molar-refractivity contribution in [2.75, 3.05) is 0 Å². The zero-order valence-corrected chi connectivity index (χ0v) is 14.7. The molecule has 1 aromatic carbocycles. The molecule has 1 aromatic rings. The molecule has 0 radical (unpaired) electrons. The molecule has 2 amide bonds. The number of unbranched alkanes of at least 4 members (excludes halogenated alkanes) is 1. The van der Waals surface area contributed by atoms with E-state index in [9.17, 15) is 24.0 Å². The Balaban J connectivity index is 0.000000580. The van der Waals surface area contributed by atoms with E-state index in [0.29, 0.717) is 12.8 Å². The summed E-state index contributed by atoms with van der Waals surface area (Å²) in [5.74, 6) is 6.52. The molecule has 0 aromatic heterocycles. The highest BCUT2D eigenvalue weighted by Gasteiger charge is 2.20. The Morgan fingerprint density at radius 3 is 1.48 bits per heavy atom. The van der Waals surface area contributed by atoms with Gasteiger partial charge in [0.1, 0.15) is 0 Å². The summed E-state index contributed by atoms with van der Waals surface area (Å²) in [4.78, 5) is 54.2. The maximum absolute atomic E-state index is 11.5. The van der Waals surface area contributed by atoms with Crippen LogP contribution in [0.15, 0.2) is 18.2 Å². The average Bonchev–Trinajstić information content (AvgIpc) is 2.63. The maximum Gasteiger partial charge on any atom is 0.303 e. The topological polar surface area (TPSA) is 202 Å². The molecule has 148 valence electrons. The minimum absolute atomic E-state index is 0.0154. The van der Waals surface area contributed by atoms with Gasteiger partial charge in [-0.15, -0.1) is 0 Å². The molecule has 11 heteroatoms. The predicted octanol–water partition coefficient (Wildman–Crippen LogP) is -0.188. The summed E-state index contributed by atoms with van der Waals surface area (Å²) in [6.45, 7) is 1.25. The number of aliphatic carboxylic acids is 2. The Labute approximate surface area is 154 Å². The third-order valence-corrected chi connectivity index (χ3v) is 3.20. The number of benzene rings is 1. The molecule has 0 fully saturated rings. The second-order valence-electron chi connectivity index (χ2n) is 5.23. The number of hydrogen-bond acceptors (Lipinski definition) is 7. The van der Waals surface area contributed by atoms with Crippen molar-refractivity contribution in [1.82, 2.24) is 10.9 Å². The number of nitrogens with two attached hydrogens (primary N) is 2. The lowest BCUT2D eigenvalue weighted by Crippen LogP contribution is -2.34. The molecule has 0 spiro atoms. The lowest BCUT2D eigenvalue weighted by molar-refractivity contribution is -0.139. The van der Waals surface area contributed by atoms with Gasteiger partial charge < -0.3 is 10.2 Å². The number of hydrazine groups is 2. The number of carbonyl (C=O) groups excluding carboxylic acids is 3. The lowest BCUT2D eigenvalue weighted by Gasteiger charge is -2.10. The third kappa shape index (κ3) is 8.56. The zero-order chi connectivity index (χ0) is 21.0. The van der Waals surface area contributed by atoms with E-state index in [4.69, 9.17) is 21.9 Å². The van der Waals surface area contributed by atoms with Gasteiger partial charge in [0.05, 0.1) is 11.1 Å². The fourth-order valence-corrected chi connectivity index (χ4v) is 2.02. The molecule has 0 bridgehead atoms. The number of carboxylic acids is 2. The molecule has 11 nitrogen and oxygen atoms in total. The number of ketones is 1. The number of Topliss-reactive ketones (excluding diaryl/α,β-unsaturated/α-hetero) is 1. The van der Waals surface area contributed by atoms with Gasteiger partial charge in [0, 0.05) is 18.4 Å². The largest absolute Gasteiger partial charge is 0.481 e. The Morgan fingerprint density at radius 2 is 1.22 bits per heavy atom. The smallest absolute Gasteiger partial charge is 0.303 e. The van der Waals surface area contributed by atoms with Crippen molar-refractivity contribution in [3.8, 4) is 0 Å². The van der Waals surface area contributed by atoms with E-state index in [1.807, 2.05) is 10.9 Å². The van der Waals surface area contributed by atoms with Gasteiger partial charge >= 0.3 is 11.9 Å². The lowest BCUT2D eigenvalue weighted by atomic mass is 9.97. The minimum atomic E-state index is -0.870. The van der Waals surface area contributed by atoms with E-state index < -0.39 is 29.5 Å². The highest BCUT2D eigenvalue weighted by atomic mass is 16.4. The van der Waals surface area contributed by atoms with Crippen LogP contribution in [0.2, 0.25) is 0 Å². The van der Waals surface area contributed by atoms with Crippen molar-refractivity contribution in [2.24, 2.45) is 11.7 Å². The molecule has 1 rings (SSSR count). The zero-order valence-electron chi connectivity index (χ0n) is 14.7. The number of carboxylic acid groups (broad SMARTS) is 2. The molecular formula is C16H22N4O7. The van der Waals surface area contributed by atoms with Crippen LogP contribution in [0, 0.1) is 0 Å². The van der Waals surface area contributed by atoms with E-state index in [1.54, 1.807) is 0 Å². The number of rotatable bonds is 8. The molecule has 0 saturated heterocycles. The molecule has 0 heterocycles. The number of nitrogens with one attached hydrogen (secondary N) is 2. The maximum atomic E-state index is 11.5. The molecule has 0 aliphatic carbocycles. The molecule has 0 aliphatic rings. The van der Waals surface area contributed by atoms with E-state index in [0.717, 1.165) is 0 Å². The van der Waals surface area contributed by atoms with Crippen LogP contribution >= 0.6 is 0 Å². The van der Waals surface area contributed by atoms with Crippen molar-refractivity contribution < 1.29 is 34.2 Å². The van der Waals surface area contributed by atoms with E-state index in [-0.39, 0.29) is 29.5 Å². The van der Waals surface area contributed by atoms with Gasteiger partial charge in [-0.3, -0.25) is 34.8 Å². The third-order valence-electron chi connectivity index (χ3n) is 3.20. The summed E-state index contributed by atoms with van der Waals surface area (Å²) >= 11 is 0. The average molecular weight is 382 g/mol. The summed E-state index contributed by atoms with van der Waals surface area (Å²) < 4.78 is 0. The fraction of sp³-hybridized carbons (Fsp3) is 0.312. The first-order chi connectivity index (χ1) is 12.6. The normalized spacial score (nSPS) is 9.44. The molecule has 27 heavy (non-hydrogen) atoms.